The van der Waals surface area contributed by atoms with Crippen LogP contribution in [0.3, 0.4) is 0 Å². The number of rotatable bonds is 4. The average molecular weight is 265 g/mol. The Balaban J connectivity index is 1.94. The molecule has 20 heavy (non-hydrogen) atoms. The maximum Gasteiger partial charge on any atom is 0.223 e. The number of carbonyl (C=O) groups excluding carboxylic acids is 1. The normalized spacial score (nSPS) is 15.7. The van der Waals surface area contributed by atoms with Crippen molar-refractivity contribution in [2.45, 2.75) is 25.8 Å². The highest BCUT2D eigenvalue weighted by molar-refractivity contribution is 5.81. The summed E-state index contributed by atoms with van der Waals surface area (Å²) in [7, 11) is 0. The van der Waals surface area contributed by atoms with E-state index in [0.717, 1.165) is 18.4 Å². The zero-order valence-corrected chi connectivity index (χ0v) is 11.7. The molecule has 0 saturated heterocycles. The van der Waals surface area contributed by atoms with E-state index in [4.69, 9.17) is 0 Å². The first-order chi connectivity index (χ1) is 9.75. The molecule has 2 aromatic carbocycles. The molecule has 1 amide bonds. The third kappa shape index (κ3) is 2.74. The van der Waals surface area contributed by atoms with Gasteiger partial charge >= 0.3 is 0 Å². The predicted octanol–water partition coefficient (Wildman–Crippen LogP) is 3.61. The van der Waals surface area contributed by atoms with Crippen molar-refractivity contribution < 1.29 is 4.79 Å². The van der Waals surface area contributed by atoms with Crippen molar-refractivity contribution in [2.75, 3.05) is 0 Å². The van der Waals surface area contributed by atoms with Crippen molar-refractivity contribution in [3.8, 4) is 0 Å². The first-order valence-corrected chi connectivity index (χ1v) is 7.16. The van der Waals surface area contributed by atoms with Crippen LogP contribution in [0.15, 0.2) is 54.6 Å². The average Bonchev–Trinajstić information content (AvgIpc) is 3.31. The Morgan fingerprint density at radius 1 is 1.05 bits per heavy atom. The van der Waals surface area contributed by atoms with Gasteiger partial charge in [0.15, 0.2) is 0 Å². The zero-order chi connectivity index (χ0) is 13.9. The molecule has 0 spiro atoms. The Bertz CT molecular complexity index is 602. The van der Waals surface area contributed by atoms with E-state index in [-0.39, 0.29) is 17.9 Å². The van der Waals surface area contributed by atoms with Crippen LogP contribution in [0.4, 0.5) is 0 Å². The van der Waals surface area contributed by atoms with E-state index in [1.54, 1.807) is 0 Å². The second-order valence-corrected chi connectivity index (χ2v) is 5.48. The van der Waals surface area contributed by atoms with Crippen molar-refractivity contribution >= 4 is 5.91 Å². The standard InChI is InChI=1S/C18H19NO/c1-13-7-5-6-10-16(13)17(14-8-3-2-4-9-14)19-18(20)15-11-12-15/h2-10,15,17H,11-12H2,1H3,(H,19,20)/t17-/m1/s1. The van der Waals surface area contributed by atoms with Gasteiger partial charge in [-0.1, -0.05) is 54.6 Å². The molecule has 2 aromatic rings. The molecule has 0 bridgehead atoms. The first kappa shape index (κ1) is 12.9. The Morgan fingerprint density at radius 3 is 2.35 bits per heavy atom. The van der Waals surface area contributed by atoms with Gasteiger partial charge in [-0.15, -0.1) is 0 Å². The SMILES string of the molecule is Cc1ccccc1[C@H](NC(=O)C1CC1)c1ccccc1. The molecule has 1 fully saturated rings. The van der Waals surface area contributed by atoms with Crippen LogP contribution in [0.1, 0.15) is 35.6 Å². The van der Waals surface area contributed by atoms with Crippen LogP contribution in [0.2, 0.25) is 0 Å². The van der Waals surface area contributed by atoms with Crippen LogP contribution in [-0.2, 0) is 4.79 Å². The van der Waals surface area contributed by atoms with Crippen LogP contribution in [0.25, 0.3) is 0 Å². The van der Waals surface area contributed by atoms with E-state index in [1.807, 2.05) is 30.3 Å². The number of hydrogen-bond donors (Lipinski definition) is 1. The molecular formula is C18H19NO. The van der Waals surface area contributed by atoms with Crippen LogP contribution in [0.5, 0.6) is 0 Å². The number of amides is 1. The second kappa shape index (κ2) is 5.49. The maximum absolute atomic E-state index is 12.2. The molecule has 3 rings (SSSR count). The molecule has 2 heteroatoms. The van der Waals surface area contributed by atoms with Gasteiger partial charge in [0.1, 0.15) is 0 Å². The van der Waals surface area contributed by atoms with Crippen LogP contribution in [0, 0.1) is 12.8 Å². The van der Waals surface area contributed by atoms with Gasteiger partial charge in [-0.25, -0.2) is 0 Å². The Morgan fingerprint density at radius 2 is 1.70 bits per heavy atom. The lowest BCUT2D eigenvalue weighted by molar-refractivity contribution is -0.122. The van der Waals surface area contributed by atoms with E-state index in [9.17, 15) is 4.79 Å². The van der Waals surface area contributed by atoms with Crippen molar-refractivity contribution in [3.63, 3.8) is 0 Å². The van der Waals surface area contributed by atoms with Crippen LogP contribution >= 0.6 is 0 Å². The highest BCUT2D eigenvalue weighted by Crippen LogP contribution is 2.31. The fourth-order valence-corrected chi connectivity index (χ4v) is 2.50. The summed E-state index contributed by atoms with van der Waals surface area (Å²) in [6.07, 6.45) is 2.06. The summed E-state index contributed by atoms with van der Waals surface area (Å²) in [5.41, 5.74) is 3.51. The lowest BCUT2D eigenvalue weighted by Gasteiger charge is -2.21. The molecule has 1 aliphatic rings. The number of aryl methyl sites for hydroxylation is 1. The highest BCUT2D eigenvalue weighted by Gasteiger charge is 2.31. The second-order valence-electron chi connectivity index (χ2n) is 5.48. The number of benzene rings is 2. The van der Waals surface area contributed by atoms with Crippen LogP contribution in [-0.4, -0.2) is 5.91 Å². The van der Waals surface area contributed by atoms with Gasteiger partial charge in [-0.05, 0) is 36.5 Å². The molecule has 2 nitrogen and oxygen atoms in total. The molecule has 0 heterocycles. The van der Waals surface area contributed by atoms with Crippen molar-refractivity contribution in [2.24, 2.45) is 5.92 Å². The topological polar surface area (TPSA) is 29.1 Å². The minimum Gasteiger partial charge on any atom is -0.345 e. The summed E-state index contributed by atoms with van der Waals surface area (Å²) in [6.45, 7) is 2.09. The lowest BCUT2D eigenvalue weighted by Crippen LogP contribution is -2.30. The quantitative estimate of drug-likeness (QED) is 0.899. The molecular weight excluding hydrogens is 246 g/mol. The lowest BCUT2D eigenvalue weighted by atomic mass is 9.95. The number of hydrogen-bond acceptors (Lipinski definition) is 1. The Labute approximate surface area is 119 Å². The molecule has 1 saturated carbocycles. The summed E-state index contributed by atoms with van der Waals surface area (Å²) >= 11 is 0. The Kier molecular flexibility index (Phi) is 3.55. The third-order valence-corrected chi connectivity index (χ3v) is 3.87. The van der Waals surface area contributed by atoms with Gasteiger partial charge in [0, 0.05) is 5.92 Å². The van der Waals surface area contributed by atoms with Gasteiger partial charge < -0.3 is 5.32 Å². The van der Waals surface area contributed by atoms with Crippen LogP contribution < -0.4 is 5.32 Å². The van der Waals surface area contributed by atoms with Gasteiger partial charge in [0.2, 0.25) is 5.91 Å². The molecule has 0 unspecified atom stereocenters. The largest absolute Gasteiger partial charge is 0.345 e. The molecule has 0 aromatic heterocycles. The number of nitrogens with one attached hydrogen (secondary N) is 1. The summed E-state index contributed by atoms with van der Waals surface area (Å²) in [5.74, 6) is 0.410. The molecule has 0 radical (unpaired) electrons. The van der Waals surface area contributed by atoms with E-state index < -0.39 is 0 Å². The molecule has 1 atom stereocenters. The smallest absolute Gasteiger partial charge is 0.223 e. The fraction of sp³-hybridized carbons (Fsp3) is 0.278. The molecule has 1 aliphatic carbocycles. The number of carbonyl (C=O) groups is 1. The van der Waals surface area contributed by atoms with Gasteiger partial charge in [-0.2, -0.15) is 0 Å². The zero-order valence-electron chi connectivity index (χ0n) is 11.7. The summed E-state index contributed by atoms with van der Waals surface area (Å²) < 4.78 is 0. The monoisotopic (exact) mass is 265 g/mol. The van der Waals surface area contributed by atoms with Gasteiger partial charge in [0.25, 0.3) is 0 Å². The highest BCUT2D eigenvalue weighted by atomic mass is 16.2. The minimum atomic E-state index is -0.0505. The van der Waals surface area contributed by atoms with E-state index in [2.05, 4.69) is 36.5 Å². The van der Waals surface area contributed by atoms with Gasteiger partial charge in [0.05, 0.1) is 6.04 Å². The van der Waals surface area contributed by atoms with Crippen molar-refractivity contribution in [3.05, 3.63) is 71.3 Å². The Hall–Kier alpha value is -2.09. The first-order valence-electron chi connectivity index (χ1n) is 7.16. The fourth-order valence-electron chi connectivity index (χ4n) is 2.50. The van der Waals surface area contributed by atoms with Gasteiger partial charge in [-0.3, -0.25) is 4.79 Å². The molecule has 1 N–H and O–H groups in total. The van der Waals surface area contributed by atoms with E-state index in [0.29, 0.717) is 0 Å². The minimum absolute atomic E-state index is 0.0505. The van der Waals surface area contributed by atoms with E-state index >= 15 is 0 Å². The van der Waals surface area contributed by atoms with Crippen molar-refractivity contribution in [1.82, 2.24) is 5.32 Å². The molecule has 102 valence electrons. The third-order valence-electron chi connectivity index (χ3n) is 3.87. The summed E-state index contributed by atoms with van der Waals surface area (Å²) in [4.78, 5) is 12.2. The van der Waals surface area contributed by atoms with E-state index in [1.165, 1.54) is 11.1 Å². The maximum atomic E-state index is 12.2. The predicted molar refractivity (Wildman–Crippen MR) is 80.3 cm³/mol. The summed E-state index contributed by atoms with van der Waals surface area (Å²) in [5, 5.41) is 3.21. The van der Waals surface area contributed by atoms with Crippen molar-refractivity contribution in [1.29, 1.82) is 0 Å². The summed E-state index contributed by atoms with van der Waals surface area (Å²) in [6, 6.07) is 18.4. The molecule has 0 aliphatic heterocycles.